The number of ether oxygens (including phenoxy) is 3. The van der Waals surface area contributed by atoms with E-state index in [0.29, 0.717) is 30.3 Å². The van der Waals surface area contributed by atoms with E-state index < -0.39 is 15.9 Å². The largest absolute Gasteiger partial charge is 0.495 e. The summed E-state index contributed by atoms with van der Waals surface area (Å²) < 4.78 is 43.2. The van der Waals surface area contributed by atoms with Gasteiger partial charge in [0.05, 0.1) is 31.9 Å². The lowest BCUT2D eigenvalue weighted by Gasteiger charge is -2.26. The van der Waals surface area contributed by atoms with Crippen molar-refractivity contribution in [3.8, 4) is 17.2 Å². The fourth-order valence-corrected chi connectivity index (χ4v) is 5.05. The van der Waals surface area contributed by atoms with Gasteiger partial charge in [0, 0.05) is 19.2 Å². The number of rotatable bonds is 8. The average molecular weight is 461 g/mol. The summed E-state index contributed by atoms with van der Waals surface area (Å²) in [6.07, 6.45) is 5.70. The maximum absolute atomic E-state index is 13.0. The fraction of sp³-hybridized carbons (Fsp3) is 0.348. The molecule has 1 aliphatic rings. The van der Waals surface area contributed by atoms with Gasteiger partial charge in [0.25, 0.3) is 0 Å². The second kappa shape index (κ2) is 10.5. The third kappa shape index (κ3) is 5.41. The Morgan fingerprint density at radius 2 is 1.56 bits per heavy atom. The minimum absolute atomic E-state index is 0.124. The number of piperidine rings is 1. The minimum Gasteiger partial charge on any atom is -0.495 e. The number of sulfonamides is 1. The monoisotopic (exact) mass is 460 g/mol. The highest BCUT2D eigenvalue weighted by atomic mass is 32.2. The first-order valence-electron chi connectivity index (χ1n) is 10.3. The van der Waals surface area contributed by atoms with E-state index >= 15 is 0 Å². The summed E-state index contributed by atoms with van der Waals surface area (Å²) in [5.41, 5.74) is 1.03. The topological polar surface area (TPSA) is 94.2 Å². The van der Waals surface area contributed by atoms with E-state index in [-0.39, 0.29) is 10.6 Å². The molecular weight excluding hydrogens is 432 g/mol. The van der Waals surface area contributed by atoms with Gasteiger partial charge in [-0.1, -0.05) is 12.5 Å². The number of hydrogen-bond donors (Lipinski definition) is 1. The van der Waals surface area contributed by atoms with Gasteiger partial charge in [0.2, 0.25) is 15.9 Å². The molecule has 1 fully saturated rings. The normalized spacial score (nSPS) is 14.8. The molecule has 0 radical (unpaired) electrons. The molecule has 2 aromatic rings. The molecular formula is C23H28N2O6S. The van der Waals surface area contributed by atoms with Gasteiger partial charge in [-0.2, -0.15) is 4.31 Å². The Morgan fingerprint density at radius 1 is 0.906 bits per heavy atom. The molecule has 0 aromatic heterocycles. The van der Waals surface area contributed by atoms with E-state index in [1.54, 1.807) is 37.5 Å². The van der Waals surface area contributed by atoms with E-state index in [4.69, 9.17) is 14.2 Å². The van der Waals surface area contributed by atoms with Crippen molar-refractivity contribution in [3.05, 3.63) is 48.0 Å². The predicted octanol–water partition coefficient (Wildman–Crippen LogP) is 3.54. The van der Waals surface area contributed by atoms with Gasteiger partial charge >= 0.3 is 0 Å². The van der Waals surface area contributed by atoms with Gasteiger partial charge in [-0.05, 0) is 54.8 Å². The number of nitrogens with zero attached hydrogens (tertiary/aromatic N) is 1. The van der Waals surface area contributed by atoms with Crippen molar-refractivity contribution in [2.45, 2.75) is 24.2 Å². The lowest BCUT2D eigenvalue weighted by atomic mass is 10.2. The third-order valence-electron chi connectivity index (χ3n) is 5.22. The van der Waals surface area contributed by atoms with Crippen LogP contribution in [0.4, 0.5) is 5.69 Å². The van der Waals surface area contributed by atoms with E-state index in [9.17, 15) is 13.2 Å². The van der Waals surface area contributed by atoms with Crippen molar-refractivity contribution in [2.75, 3.05) is 39.7 Å². The van der Waals surface area contributed by atoms with Crippen LogP contribution in [0, 0.1) is 0 Å². The Labute approximate surface area is 188 Å². The van der Waals surface area contributed by atoms with Gasteiger partial charge < -0.3 is 19.5 Å². The maximum Gasteiger partial charge on any atom is 0.248 e. The van der Waals surface area contributed by atoms with Crippen molar-refractivity contribution < 1.29 is 27.4 Å². The molecule has 0 atom stereocenters. The summed E-state index contributed by atoms with van der Waals surface area (Å²) in [5, 5.41) is 2.71. The van der Waals surface area contributed by atoms with Crippen molar-refractivity contribution >= 4 is 27.7 Å². The summed E-state index contributed by atoms with van der Waals surface area (Å²) in [5.74, 6) is 1.08. The van der Waals surface area contributed by atoms with Crippen LogP contribution in [0.25, 0.3) is 6.08 Å². The lowest BCUT2D eigenvalue weighted by molar-refractivity contribution is -0.111. The number of benzene rings is 2. The van der Waals surface area contributed by atoms with E-state index in [1.165, 1.54) is 36.7 Å². The molecule has 2 aromatic carbocycles. The van der Waals surface area contributed by atoms with E-state index in [0.717, 1.165) is 24.8 Å². The zero-order valence-corrected chi connectivity index (χ0v) is 19.3. The standard InChI is InChI=1S/C23H28N2O6S/c1-29-20-11-9-18(32(27,28)25-13-5-4-6-14-25)16-19(20)24-23(26)12-8-17-7-10-21(30-2)22(15-17)31-3/h7-12,15-16H,4-6,13-14H2,1-3H3,(H,24,26). The summed E-state index contributed by atoms with van der Waals surface area (Å²) in [7, 11) is 0.916. The lowest BCUT2D eigenvalue weighted by Crippen LogP contribution is -2.35. The number of carbonyl (C=O) groups is 1. The van der Waals surface area contributed by atoms with Crippen LogP contribution in [-0.4, -0.2) is 53.0 Å². The number of amides is 1. The summed E-state index contributed by atoms with van der Waals surface area (Å²) in [4.78, 5) is 12.6. The predicted molar refractivity (Wildman–Crippen MR) is 123 cm³/mol. The second-order valence-electron chi connectivity index (χ2n) is 7.26. The molecule has 172 valence electrons. The Kier molecular flexibility index (Phi) is 7.76. The van der Waals surface area contributed by atoms with Gasteiger partial charge in [-0.3, -0.25) is 4.79 Å². The molecule has 0 saturated carbocycles. The van der Waals surface area contributed by atoms with E-state index in [1.807, 2.05) is 0 Å². The Balaban J connectivity index is 1.79. The number of carbonyl (C=O) groups excluding carboxylic acids is 1. The fourth-order valence-electron chi connectivity index (χ4n) is 3.50. The molecule has 9 heteroatoms. The van der Waals surface area contributed by atoms with Crippen molar-refractivity contribution in [3.63, 3.8) is 0 Å². The highest BCUT2D eigenvalue weighted by Gasteiger charge is 2.26. The molecule has 0 aliphatic carbocycles. The molecule has 0 bridgehead atoms. The second-order valence-corrected chi connectivity index (χ2v) is 9.20. The van der Waals surface area contributed by atoms with Gasteiger partial charge in [0.1, 0.15) is 5.75 Å². The first kappa shape index (κ1) is 23.6. The first-order valence-corrected chi connectivity index (χ1v) is 11.7. The van der Waals surface area contributed by atoms with Crippen molar-refractivity contribution in [2.24, 2.45) is 0 Å². The van der Waals surface area contributed by atoms with Crippen LogP contribution in [0.15, 0.2) is 47.4 Å². The van der Waals surface area contributed by atoms with Crippen LogP contribution < -0.4 is 19.5 Å². The van der Waals surface area contributed by atoms with Crippen LogP contribution in [0.2, 0.25) is 0 Å². The van der Waals surface area contributed by atoms with E-state index in [2.05, 4.69) is 5.32 Å². The molecule has 1 heterocycles. The minimum atomic E-state index is -3.63. The van der Waals surface area contributed by atoms with Gasteiger partial charge in [-0.15, -0.1) is 0 Å². The van der Waals surface area contributed by atoms with Crippen LogP contribution in [0.1, 0.15) is 24.8 Å². The van der Waals surface area contributed by atoms with Crippen LogP contribution in [0.5, 0.6) is 17.2 Å². The summed E-state index contributed by atoms with van der Waals surface area (Å²) >= 11 is 0. The molecule has 8 nitrogen and oxygen atoms in total. The molecule has 32 heavy (non-hydrogen) atoms. The molecule has 1 N–H and O–H groups in total. The highest BCUT2D eigenvalue weighted by Crippen LogP contribution is 2.30. The molecule has 1 amide bonds. The molecule has 0 spiro atoms. The average Bonchev–Trinajstić information content (AvgIpc) is 2.83. The molecule has 3 rings (SSSR count). The Morgan fingerprint density at radius 3 is 2.22 bits per heavy atom. The zero-order chi connectivity index (χ0) is 23.1. The van der Waals surface area contributed by atoms with Crippen LogP contribution in [0.3, 0.4) is 0 Å². The Hall–Kier alpha value is -3.04. The van der Waals surface area contributed by atoms with Gasteiger partial charge in [-0.25, -0.2) is 8.42 Å². The van der Waals surface area contributed by atoms with Crippen LogP contribution in [-0.2, 0) is 14.8 Å². The van der Waals surface area contributed by atoms with Crippen LogP contribution >= 0.6 is 0 Å². The van der Waals surface area contributed by atoms with Gasteiger partial charge in [0.15, 0.2) is 11.5 Å². The van der Waals surface area contributed by atoms with Crippen molar-refractivity contribution in [1.82, 2.24) is 4.31 Å². The number of methoxy groups -OCH3 is 3. The quantitative estimate of drug-likeness (QED) is 0.606. The SMILES string of the molecule is COc1ccc(S(=O)(=O)N2CCCCC2)cc1NC(=O)C=Cc1ccc(OC)c(OC)c1. The third-order valence-corrected chi connectivity index (χ3v) is 7.11. The highest BCUT2D eigenvalue weighted by molar-refractivity contribution is 7.89. The summed E-state index contributed by atoms with van der Waals surface area (Å²) in [6.45, 7) is 1.01. The molecule has 0 unspecified atom stereocenters. The number of anilines is 1. The number of hydrogen-bond acceptors (Lipinski definition) is 6. The van der Waals surface area contributed by atoms with Crippen molar-refractivity contribution in [1.29, 1.82) is 0 Å². The maximum atomic E-state index is 13.0. The summed E-state index contributed by atoms with van der Waals surface area (Å²) in [6, 6.07) is 9.76. The molecule has 1 aliphatic heterocycles. The molecule has 1 saturated heterocycles. The number of nitrogens with one attached hydrogen (secondary N) is 1. The smallest absolute Gasteiger partial charge is 0.248 e. The Bertz CT molecular complexity index is 1090. The zero-order valence-electron chi connectivity index (χ0n) is 18.5. The first-order chi connectivity index (χ1) is 15.4.